The maximum absolute atomic E-state index is 5.74. The Balaban J connectivity index is 2.01. The molecule has 2 unspecified atom stereocenters. The van der Waals surface area contributed by atoms with Gasteiger partial charge >= 0.3 is 0 Å². The predicted molar refractivity (Wildman–Crippen MR) is 62.1 cm³/mol. The standard InChI is InChI=1S/C11H16ClN3/c1-8-4-2-3-5-9(8)14-10-6-7-13-11(12)15-10/h6-9H,2-5H2,1H3,(H,13,14,15). The van der Waals surface area contributed by atoms with Gasteiger partial charge in [-0.25, -0.2) is 9.97 Å². The second-order valence-corrected chi connectivity index (χ2v) is 4.56. The first-order chi connectivity index (χ1) is 7.25. The molecule has 0 saturated heterocycles. The van der Waals surface area contributed by atoms with Gasteiger partial charge in [-0.3, -0.25) is 0 Å². The van der Waals surface area contributed by atoms with Gasteiger partial charge in [0.2, 0.25) is 5.28 Å². The van der Waals surface area contributed by atoms with E-state index in [2.05, 4.69) is 22.2 Å². The highest BCUT2D eigenvalue weighted by Crippen LogP contribution is 2.26. The SMILES string of the molecule is CC1CCCCC1Nc1ccnc(Cl)n1. The first kappa shape index (κ1) is 10.7. The van der Waals surface area contributed by atoms with Gasteiger partial charge in [-0.15, -0.1) is 0 Å². The van der Waals surface area contributed by atoms with Crippen LogP contribution in [0, 0.1) is 5.92 Å². The minimum atomic E-state index is 0.309. The third-order valence-corrected chi connectivity index (χ3v) is 3.25. The van der Waals surface area contributed by atoms with Gasteiger partial charge in [0.05, 0.1) is 0 Å². The van der Waals surface area contributed by atoms with E-state index in [0.29, 0.717) is 17.2 Å². The largest absolute Gasteiger partial charge is 0.367 e. The summed E-state index contributed by atoms with van der Waals surface area (Å²) < 4.78 is 0. The molecule has 2 atom stereocenters. The van der Waals surface area contributed by atoms with Crippen molar-refractivity contribution in [1.29, 1.82) is 0 Å². The molecule has 0 radical (unpaired) electrons. The Morgan fingerprint density at radius 1 is 1.40 bits per heavy atom. The maximum Gasteiger partial charge on any atom is 0.224 e. The van der Waals surface area contributed by atoms with Crippen LogP contribution in [0.4, 0.5) is 5.82 Å². The van der Waals surface area contributed by atoms with Crippen molar-refractivity contribution in [1.82, 2.24) is 9.97 Å². The summed E-state index contributed by atoms with van der Waals surface area (Å²) in [5.74, 6) is 1.56. The molecule has 0 aromatic carbocycles. The van der Waals surface area contributed by atoms with Gasteiger partial charge in [-0.05, 0) is 36.4 Å². The Morgan fingerprint density at radius 3 is 2.93 bits per heavy atom. The molecule has 3 nitrogen and oxygen atoms in total. The van der Waals surface area contributed by atoms with Crippen molar-refractivity contribution in [2.75, 3.05) is 5.32 Å². The van der Waals surface area contributed by atoms with Gasteiger partial charge in [0.15, 0.2) is 0 Å². The first-order valence-electron chi connectivity index (χ1n) is 5.51. The van der Waals surface area contributed by atoms with Crippen LogP contribution in [-0.4, -0.2) is 16.0 Å². The highest BCUT2D eigenvalue weighted by Gasteiger charge is 2.21. The van der Waals surface area contributed by atoms with E-state index in [0.717, 1.165) is 5.82 Å². The van der Waals surface area contributed by atoms with Crippen LogP contribution in [0.15, 0.2) is 12.3 Å². The second-order valence-electron chi connectivity index (χ2n) is 4.22. The van der Waals surface area contributed by atoms with E-state index in [-0.39, 0.29) is 0 Å². The molecule has 1 aromatic heterocycles. The zero-order valence-electron chi connectivity index (χ0n) is 8.91. The summed E-state index contributed by atoms with van der Waals surface area (Å²) in [6.07, 6.45) is 6.87. The smallest absolute Gasteiger partial charge is 0.224 e. The normalized spacial score (nSPS) is 26.3. The Morgan fingerprint density at radius 2 is 2.20 bits per heavy atom. The molecule has 1 N–H and O–H groups in total. The number of rotatable bonds is 2. The molecule has 1 heterocycles. The van der Waals surface area contributed by atoms with E-state index in [1.807, 2.05) is 6.07 Å². The predicted octanol–water partition coefficient (Wildman–Crippen LogP) is 3.12. The summed E-state index contributed by atoms with van der Waals surface area (Å²) in [5, 5.41) is 3.74. The number of aromatic nitrogens is 2. The minimum absolute atomic E-state index is 0.309. The van der Waals surface area contributed by atoms with Crippen LogP contribution in [0.1, 0.15) is 32.6 Å². The Bertz CT molecular complexity index is 329. The molecular weight excluding hydrogens is 210 g/mol. The van der Waals surface area contributed by atoms with Gasteiger partial charge in [-0.2, -0.15) is 0 Å². The Hall–Kier alpha value is -0.830. The highest BCUT2D eigenvalue weighted by molar-refractivity contribution is 6.28. The van der Waals surface area contributed by atoms with Crippen LogP contribution in [0.2, 0.25) is 5.28 Å². The maximum atomic E-state index is 5.74. The van der Waals surface area contributed by atoms with Crippen LogP contribution in [0.25, 0.3) is 0 Å². The molecule has 0 bridgehead atoms. The van der Waals surface area contributed by atoms with Gasteiger partial charge < -0.3 is 5.32 Å². The minimum Gasteiger partial charge on any atom is -0.367 e. The summed E-state index contributed by atoms with van der Waals surface area (Å²) in [6, 6.07) is 2.40. The molecular formula is C11H16ClN3. The van der Waals surface area contributed by atoms with Gasteiger partial charge in [-0.1, -0.05) is 19.8 Å². The third kappa shape index (κ3) is 2.81. The molecule has 0 amide bonds. The summed E-state index contributed by atoms with van der Waals surface area (Å²) in [6.45, 7) is 2.29. The first-order valence-corrected chi connectivity index (χ1v) is 5.88. The van der Waals surface area contributed by atoms with Crippen LogP contribution in [0.5, 0.6) is 0 Å². The lowest BCUT2D eigenvalue weighted by Gasteiger charge is -2.29. The molecule has 0 spiro atoms. The highest BCUT2D eigenvalue weighted by atomic mass is 35.5. The van der Waals surface area contributed by atoms with Crippen molar-refractivity contribution in [2.45, 2.75) is 38.6 Å². The molecule has 1 aromatic rings. The number of hydrogen-bond acceptors (Lipinski definition) is 3. The zero-order chi connectivity index (χ0) is 10.7. The molecule has 1 aliphatic rings. The van der Waals surface area contributed by atoms with Crippen molar-refractivity contribution in [3.8, 4) is 0 Å². The fourth-order valence-corrected chi connectivity index (χ4v) is 2.28. The van der Waals surface area contributed by atoms with Crippen molar-refractivity contribution in [3.63, 3.8) is 0 Å². The number of nitrogens with zero attached hydrogens (tertiary/aromatic N) is 2. The summed E-state index contributed by atoms with van der Waals surface area (Å²) in [4.78, 5) is 8.01. The second kappa shape index (κ2) is 4.79. The average molecular weight is 226 g/mol. The van der Waals surface area contributed by atoms with E-state index in [1.165, 1.54) is 25.7 Å². The van der Waals surface area contributed by atoms with Crippen LogP contribution in [0.3, 0.4) is 0 Å². The molecule has 2 rings (SSSR count). The zero-order valence-corrected chi connectivity index (χ0v) is 9.67. The van der Waals surface area contributed by atoms with Crippen molar-refractivity contribution in [3.05, 3.63) is 17.5 Å². The number of hydrogen-bond donors (Lipinski definition) is 1. The molecule has 1 saturated carbocycles. The molecule has 1 fully saturated rings. The average Bonchev–Trinajstić information content (AvgIpc) is 2.22. The fraction of sp³-hybridized carbons (Fsp3) is 0.636. The monoisotopic (exact) mass is 225 g/mol. The molecule has 4 heteroatoms. The van der Waals surface area contributed by atoms with Crippen LogP contribution in [-0.2, 0) is 0 Å². The Kier molecular flexibility index (Phi) is 3.41. The number of anilines is 1. The van der Waals surface area contributed by atoms with Gasteiger partial charge in [0.1, 0.15) is 5.82 Å². The Labute approximate surface area is 95.3 Å². The van der Waals surface area contributed by atoms with Crippen LogP contribution >= 0.6 is 11.6 Å². The lowest BCUT2D eigenvalue weighted by molar-refractivity contribution is 0.349. The summed E-state index contributed by atoms with van der Waals surface area (Å²) in [5.41, 5.74) is 0. The van der Waals surface area contributed by atoms with E-state index in [1.54, 1.807) is 6.20 Å². The van der Waals surface area contributed by atoms with Crippen molar-refractivity contribution >= 4 is 17.4 Å². The lowest BCUT2D eigenvalue weighted by atomic mass is 9.86. The van der Waals surface area contributed by atoms with E-state index in [4.69, 9.17) is 11.6 Å². The number of nitrogens with one attached hydrogen (secondary N) is 1. The van der Waals surface area contributed by atoms with E-state index < -0.39 is 0 Å². The molecule has 15 heavy (non-hydrogen) atoms. The van der Waals surface area contributed by atoms with Crippen molar-refractivity contribution in [2.24, 2.45) is 5.92 Å². The quantitative estimate of drug-likeness (QED) is 0.786. The van der Waals surface area contributed by atoms with Crippen molar-refractivity contribution < 1.29 is 0 Å². The van der Waals surface area contributed by atoms with Gasteiger partial charge in [0, 0.05) is 12.2 Å². The van der Waals surface area contributed by atoms with Crippen LogP contribution < -0.4 is 5.32 Å². The van der Waals surface area contributed by atoms with Gasteiger partial charge in [0.25, 0.3) is 0 Å². The number of halogens is 1. The summed E-state index contributed by atoms with van der Waals surface area (Å²) in [7, 11) is 0. The van der Waals surface area contributed by atoms with E-state index in [9.17, 15) is 0 Å². The topological polar surface area (TPSA) is 37.8 Å². The molecule has 82 valence electrons. The summed E-state index contributed by atoms with van der Waals surface area (Å²) >= 11 is 5.74. The third-order valence-electron chi connectivity index (χ3n) is 3.07. The fourth-order valence-electron chi connectivity index (χ4n) is 2.14. The molecule has 1 aliphatic carbocycles. The van der Waals surface area contributed by atoms with E-state index >= 15 is 0 Å². The molecule has 0 aliphatic heterocycles. The lowest BCUT2D eigenvalue weighted by Crippen LogP contribution is -2.30.